The summed E-state index contributed by atoms with van der Waals surface area (Å²) in [7, 11) is 0. The molecule has 0 heterocycles. The van der Waals surface area contributed by atoms with Gasteiger partial charge in [-0.05, 0) is 23.5 Å². The smallest absolute Gasteiger partial charge is 0.000580 e. The predicted octanol–water partition coefficient (Wildman–Crippen LogP) is 4.11. The van der Waals surface area contributed by atoms with E-state index in [9.17, 15) is 0 Å². The molecule has 70 valence electrons. The summed E-state index contributed by atoms with van der Waals surface area (Å²) in [5, 5.41) is 0. The molecule has 0 unspecified atom stereocenters. The molecule has 0 fully saturated rings. The lowest BCUT2D eigenvalue weighted by Gasteiger charge is -2.05. The summed E-state index contributed by atoms with van der Waals surface area (Å²) in [6.45, 7) is 4.40. The second-order valence-corrected chi connectivity index (χ2v) is 3.71. The first-order chi connectivity index (χ1) is 6.24. The lowest BCUT2D eigenvalue weighted by Crippen LogP contribution is -1.87. The molecule has 0 saturated carbocycles. The van der Waals surface area contributed by atoms with Gasteiger partial charge in [-0.15, -0.1) is 0 Å². The van der Waals surface area contributed by atoms with Crippen molar-refractivity contribution in [1.82, 2.24) is 0 Å². The summed E-state index contributed by atoms with van der Waals surface area (Å²) >= 11 is 5.45. The van der Waals surface area contributed by atoms with Crippen LogP contribution < -0.4 is 0 Å². The minimum absolute atomic E-state index is 0.609. The zero-order valence-electron chi connectivity index (χ0n) is 8.13. The van der Waals surface area contributed by atoms with Crippen molar-refractivity contribution in [2.75, 3.05) is 0 Å². The highest BCUT2D eigenvalue weighted by atomic mass is 35.5. The Labute approximate surface area is 85.2 Å². The average molecular weight is 195 g/mol. The molecule has 0 aliphatic heterocycles. The van der Waals surface area contributed by atoms with Gasteiger partial charge in [-0.25, -0.2) is 0 Å². The fourth-order valence-electron chi connectivity index (χ4n) is 1.22. The molecule has 1 heteroatoms. The third kappa shape index (κ3) is 3.23. The molecule has 13 heavy (non-hydrogen) atoms. The Kier molecular flexibility index (Phi) is 4.04. The van der Waals surface area contributed by atoms with Crippen LogP contribution in [0.15, 0.2) is 35.9 Å². The molecule has 1 aromatic rings. The molecule has 0 aliphatic carbocycles. The van der Waals surface area contributed by atoms with Crippen LogP contribution in [-0.4, -0.2) is 0 Å². The van der Waals surface area contributed by atoms with Crippen LogP contribution in [-0.2, 0) is 6.42 Å². The number of benzene rings is 1. The molecule has 0 atom stereocenters. The number of hydrogen-bond donors (Lipinski definition) is 0. The van der Waals surface area contributed by atoms with E-state index in [0.717, 1.165) is 6.42 Å². The van der Waals surface area contributed by atoms with Gasteiger partial charge in [0.25, 0.3) is 0 Å². The zero-order valence-corrected chi connectivity index (χ0v) is 8.88. The molecule has 0 N–H and O–H groups in total. The summed E-state index contributed by atoms with van der Waals surface area (Å²) in [5.41, 5.74) is 4.26. The molecule has 1 rings (SSSR count). The number of allylic oxidation sites excluding steroid dienone is 1. The summed E-state index contributed by atoms with van der Waals surface area (Å²) < 4.78 is 0. The van der Waals surface area contributed by atoms with Gasteiger partial charge in [0.05, 0.1) is 0 Å². The van der Waals surface area contributed by atoms with Crippen molar-refractivity contribution in [2.24, 2.45) is 0 Å². The molecule has 0 aliphatic rings. The molecule has 0 aromatic heterocycles. The van der Waals surface area contributed by atoms with Crippen LogP contribution in [0.5, 0.6) is 0 Å². The van der Waals surface area contributed by atoms with Crippen molar-refractivity contribution in [1.29, 1.82) is 0 Å². The molecule has 0 amide bonds. The van der Waals surface area contributed by atoms with E-state index in [1.807, 2.05) is 6.08 Å². The van der Waals surface area contributed by atoms with Crippen LogP contribution in [0.4, 0.5) is 0 Å². The van der Waals surface area contributed by atoms with Crippen LogP contribution in [0.1, 0.15) is 30.9 Å². The first-order valence-corrected chi connectivity index (χ1v) is 5.01. The molecule has 0 radical (unpaired) electrons. The standard InChI is InChI=1S/C12H15Cl/c1-10(2)12-7-5-11(6-8-12)4-3-9-13/h3,5-10H,4H2,1-2H3/b9-3+. The third-order valence-corrected chi connectivity index (χ3v) is 2.27. The summed E-state index contributed by atoms with van der Waals surface area (Å²) in [6.07, 6.45) is 2.87. The van der Waals surface area contributed by atoms with Crippen LogP contribution in [0.25, 0.3) is 0 Å². The van der Waals surface area contributed by atoms with Gasteiger partial charge in [-0.3, -0.25) is 0 Å². The van der Waals surface area contributed by atoms with E-state index in [4.69, 9.17) is 11.6 Å². The van der Waals surface area contributed by atoms with Gasteiger partial charge >= 0.3 is 0 Å². The fraction of sp³-hybridized carbons (Fsp3) is 0.333. The van der Waals surface area contributed by atoms with E-state index in [2.05, 4.69) is 38.1 Å². The van der Waals surface area contributed by atoms with Gasteiger partial charge in [0, 0.05) is 5.54 Å². The minimum Gasteiger partial charge on any atom is -0.0933 e. The van der Waals surface area contributed by atoms with Gasteiger partial charge in [-0.1, -0.05) is 55.8 Å². The Bertz CT molecular complexity index is 270. The lowest BCUT2D eigenvalue weighted by molar-refractivity contribution is 0.865. The Balaban J connectivity index is 2.69. The van der Waals surface area contributed by atoms with Gasteiger partial charge in [0.15, 0.2) is 0 Å². The third-order valence-electron chi connectivity index (χ3n) is 2.09. The normalized spacial score (nSPS) is 11.4. The topological polar surface area (TPSA) is 0 Å². The Hall–Kier alpha value is -0.750. The molecule has 0 spiro atoms. The van der Waals surface area contributed by atoms with Crippen molar-refractivity contribution in [3.63, 3.8) is 0 Å². The summed E-state index contributed by atoms with van der Waals surface area (Å²) in [4.78, 5) is 0. The van der Waals surface area contributed by atoms with E-state index in [1.54, 1.807) is 5.54 Å². The SMILES string of the molecule is CC(C)c1ccc(C/C=C/Cl)cc1. The Morgan fingerprint density at radius 2 is 1.85 bits per heavy atom. The molecule has 0 nitrogen and oxygen atoms in total. The van der Waals surface area contributed by atoms with E-state index in [1.165, 1.54) is 11.1 Å². The van der Waals surface area contributed by atoms with E-state index < -0.39 is 0 Å². The van der Waals surface area contributed by atoms with Crippen molar-refractivity contribution in [3.05, 3.63) is 47.0 Å². The molecular formula is C12H15Cl. The summed E-state index contributed by atoms with van der Waals surface area (Å²) in [5.74, 6) is 0.609. The molecular weight excluding hydrogens is 180 g/mol. The van der Waals surface area contributed by atoms with Gasteiger partial charge < -0.3 is 0 Å². The number of halogens is 1. The maximum Gasteiger partial charge on any atom is 0.000580 e. The summed E-state index contributed by atoms with van der Waals surface area (Å²) in [6, 6.07) is 8.68. The maximum atomic E-state index is 5.45. The maximum absolute atomic E-state index is 5.45. The highest BCUT2D eigenvalue weighted by Gasteiger charge is 1.97. The monoisotopic (exact) mass is 194 g/mol. The second kappa shape index (κ2) is 5.08. The number of hydrogen-bond acceptors (Lipinski definition) is 0. The van der Waals surface area contributed by atoms with Crippen LogP contribution in [0.2, 0.25) is 0 Å². The Morgan fingerprint density at radius 1 is 1.23 bits per heavy atom. The van der Waals surface area contributed by atoms with Gasteiger partial charge in [0.2, 0.25) is 0 Å². The quantitative estimate of drug-likeness (QED) is 0.680. The van der Waals surface area contributed by atoms with E-state index >= 15 is 0 Å². The van der Waals surface area contributed by atoms with Crippen molar-refractivity contribution >= 4 is 11.6 Å². The van der Waals surface area contributed by atoms with Gasteiger partial charge in [0.1, 0.15) is 0 Å². The van der Waals surface area contributed by atoms with Gasteiger partial charge in [-0.2, -0.15) is 0 Å². The van der Waals surface area contributed by atoms with Crippen LogP contribution in [0, 0.1) is 0 Å². The van der Waals surface area contributed by atoms with E-state index in [0.29, 0.717) is 5.92 Å². The van der Waals surface area contributed by atoms with Crippen LogP contribution in [0.3, 0.4) is 0 Å². The highest BCUT2D eigenvalue weighted by molar-refractivity contribution is 6.25. The minimum atomic E-state index is 0.609. The van der Waals surface area contributed by atoms with Crippen molar-refractivity contribution < 1.29 is 0 Å². The Morgan fingerprint density at radius 3 is 2.31 bits per heavy atom. The fourth-order valence-corrected chi connectivity index (χ4v) is 1.31. The predicted molar refractivity (Wildman–Crippen MR) is 59.2 cm³/mol. The molecule has 0 bridgehead atoms. The largest absolute Gasteiger partial charge is 0.0933 e. The zero-order chi connectivity index (χ0) is 9.68. The van der Waals surface area contributed by atoms with E-state index in [-0.39, 0.29) is 0 Å². The van der Waals surface area contributed by atoms with Crippen molar-refractivity contribution in [3.8, 4) is 0 Å². The van der Waals surface area contributed by atoms with Crippen LogP contribution >= 0.6 is 11.6 Å². The first kappa shape index (κ1) is 10.3. The molecule has 1 aromatic carbocycles. The van der Waals surface area contributed by atoms with Crippen molar-refractivity contribution in [2.45, 2.75) is 26.2 Å². The first-order valence-electron chi connectivity index (χ1n) is 4.58. The second-order valence-electron chi connectivity index (χ2n) is 3.46. The average Bonchev–Trinajstić information content (AvgIpc) is 2.15. The number of rotatable bonds is 3. The highest BCUT2D eigenvalue weighted by Crippen LogP contribution is 2.14. The molecule has 0 saturated heterocycles. The lowest BCUT2D eigenvalue weighted by atomic mass is 10.0.